The van der Waals surface area contributed by atoms with Gasteiger partial charge in [-0.05, 0) is 61.9 Å². The molecule has 1 fully saturated rings. The Morgan fingerprint density at radius 1 is 1.46 bits per heavy atom. The van der Waals surface area contributed by atoms with E-state index in [0.29, 0.717) is 6.61 Å². The lowest BCUT2D eigenvalue weighted by atomic mass is 9.93. The maximum atomic E-state index is 13.0. The molecule has 0 spiro atoms. The number of rotatable bonds is 3. The Balaban J connectivity index is 1.62. The topological polar surface area (TPSA) is 81.9 Å². The fraction of sp³-hybridized carbons (Fsp3) is 0.625. The third kappa shape index (κ3) is 2.84. The summed E-state index contributed by atoms with van der Waals surface area (Å²) in [5.74, 6) is -0.0115. The number of amides is 1. The van der Waals surface area contributed by atoms with Gasteiger partial charge >= 0.3 is 0 Å². The van der Waals surface area contributed by atoms with Crippen molar-refractivity contribution >= 4 is 17.2 Å². The zero-order chi connectivity index (χ0) is 16.7. The number of hydrogen-bond acceptors (Lipinski definition) is 6. The minimum atomic E-state index is -0.189. The van der Waals surface area contributed by atoms with E-state index in [1.807, 2.05) is 0 Å². The van der Waals surface area contributed by atoms with Gasteiger partial charge in [-0.3, -0.25) is 4.79 Å². The number of ether oxygens (including phenoxy) is 1. The average molecular weight is 347 g/mol. The van der Waals surface area contributed by atoms with Crippen molar-refractivity contribution in [3.8, 4) is 5.00 Å². The summed E-state index contributed by atoms with van der Waals surface area (Å²) in [5, 5.41) is 15.4. The van der Waals surface area contributed by atoms with E-state index in [2.05, 4.69) is 34.7 Å². The number of nitrogens with zero attached hydrogens (tertiary/aromatic N) is 4. The normalized spacial score (nSPS) is 22.3. The van der Waals surface area contributed by atoms with E-state index in [9.17, 15) is 4.79 Å². The monoisotopic (exact) mass is 347 g/mol. The van der Waals surface area contributed by atoms with E-state index in [-0.39, 0.29) is 17.6 Å². The van der Waals surface area contributed by atoms with Crippen LogP contribution >= 0.6 is 11.3 Å². The fourth-order valence-corrected chi connectivity index (χ4v) is 4.95. The molecule has 24 heavy (non-hydrogen) atoms. The number of fused-ring (bicyclic) bond motifs is 1. The highest BCUT2D eigenvalue weighted by Gasteiger charge is 2.33. The van der Waals surface area contributed by atoms with Gasteiger partial charge in [0.15, 0.2) is 0 Å². The number of nitrogens with one attached hydrogen (secondary N) is 1. The highest BCUT2D eigenvalue weighted by atomic mass is 32.1. The van der Waals surface area contributed by atoms with E-state index in [1.54, 1.807) is 22.3 Å². The van der Waals surface area contributed by atoms with Crippen LogP contribution in [0.25, 0.3) is 5.00 Å². The molecule has 2 aliphatic rings. The summed E-state index contributed by atoms with van der Waals surface area (Å²) in [7, 11) is 0. The van der Waals surface area contributed by atoms with E-state index in [4.69, 9.17) is 4.74 Å². The van der Waals surface area contributed by atoms with Crippen LogP contribution < -0.4 is 5.32 Å². The van der Waals surface area contributed by atoms with Crippen LogP contribution in [-0.2, 0) is 17.6 Å². The van der Waals surface area contributed by atoms with E-state index in [0.717, 1.165) is 42.7 Å². The molecule has 128 valence electrons. The minimum absolute atomic E-state index is 0.0115. The summed E-state index contributed by atoms with van der Waals surface area (Å²) >= 11 is 1.63. The number of carbonyl (C=O) groups is 1. The fourth-order valence-electron chi connectivity index (χ4n) is 3.65. The third-order valence-corrected chi connectivity index (χ3v) is 6.00. The van der Waals surface area contributed by atoms with Gasteiger partial charge in [0, 0.05) is 17.5 Å². The summed E-state index contributed by atoms with van der Waals surface area (Å²) in [5.41, 5.74) is 1.74. The molecule has 3 heterocycles. The second-order valence-electron chi connectivity index (χ2n) is 7.06. The molecule has 1 aliphatic heterocycles. The third-order valence-electron chi connectivity index (χ3n) is 4.72. The highest BCUT2D eigenvalue weighted by molar-refractivity contribution is 7.15. The number of thiophene rings is 1. The molecular weight excluding hydrogens is 326 g/mol. The number of carbonyl (C=O) groups excluding carboxylic acids is 1. The molecule has 0 saturated carbocycles. The molecule has 0 radical (unpaired) electrons. The number of aryl methyl sites for hydroxylation is 1. The number of tetrazole rings is 1. The van der Waals surface area contributed by atoms with Crippen molar-refractivity contribution in [2.45, 2.75) is 57.6 Å². The Morgan fingerprint density at radius 2 is 2.33 bits per heavy atom. The first kappa shape index (κ1) is 15.7. The molecule has 0 aromatic carbocycles. The first-order valence-electron chi connectivity index (χ1n) is 8.36. The van der Waals surface area contributed by atoms with Crippen LogP contribution in [0.3, 0.4) is 0 Å². The van der Waals surface area contributed by atoms with Crippen LogP contribution in [0.2, 0.25) is 0 Å². The van der Waals surface area contributed by atoms with Gasteiger partial charge in [-0.2, -0.15) is 4.68 Å². The lowest BCUT2D eigenvalue weighted by Crippen LogP contribution is -2.46. The molecule has 1 N–H and O–H groups in total. The Hall–Kier alpha value is -1.80. The van der Waals surface area contributed by atoms with Gasteiger partial charge in [-0.15, -0.1) is 16.4 Å². The van der Waals surface area contributed by atoms with Crippen LogP contribution in [0.4, 0.5) is 0 Å². The summed E-state index contributed by atoms with van der Waals surface area (Å²) < 4.78 is 7.35. The molecular formula is C16H21N5O2S. The van der Waals surface area contributed by atoms with Crippen molar-refractivity contribution in [2.75, 3.05) is 6.61 Å². The highest BCUT2D eigenvalue weighted by Crippen LogP contribution is 2.37. The molecule has 2 aromatic heterocycles. The lowest BCUT2D eigenvalue weighted by molar-refractivity contribution is -0.0615. The van der Waals surface area contributed by atoms with Gasteiger partial charge < -0.3 is 10.1 Å². The van der Waals surface area contributed by atoms with Gasteiger partial charge in [0.2, 0.25) is 0 Å². The SMILES string of the molecule is CC1(C)CC(NC(=O)c2c(-n3cnnn3)sc3c2CCC3)CCO1. The first-order chi connectivity index (χ1) is 11.5. The second kappa shape index (κ2) is 5.93. The molecule has 8 heteroatoms. The van der Waals surface area contributed by atoms with Crippen molar-refractivity contribution in [3.05, 3.63) is 22.3 Å². The molecule has 2 aromatic rings. The predicted molar refractivity (Wildman–Crippen MR) is 89.6 cm³/mol. The Morgan fingerprint density at radius 3 is 3.08 bits per heavy atom. The van der Waals surface area contributed by atoms with Crippen molar-refractivity contribution in [3.63, 3.8) is 0 Å². The largest absolute Gasteiger partial charge is 0.375 e. The Labute approximate surface area is 144 Å². The molecule has 4 rings (SSSR count). The zero-order valence-corrected chi connectivity index (χ0v) is 14.7. The quantitative estimate of drug-likeness (QED) is 0.917. The second-order valence-corrected chi connectivity index (χ2v) is 8.15. The van der Waals surface area contributed by atoms with Crippen LogP contribution in [0, 0.1) is 0 Å². The molecule has 1 unspecified atom stereocenters. The van der Waals surface area contributed by atoms with E-state index in [1.165, 1.54) is 10.4 Å². The predicted octanol–water partition coefficient (Wildman–Crippen LogP) is 1.90. The van der Waals surface area contributed by atoms with Gasteiger partial charge in [0.05, 0.1) is 11.2 Å². The van der Waals surface area contributed by atoms with Crippen LogP contribution in [0.1, 0.15) is 53.9 Å². The van der Waals surface area contributed by atoms with Crippen molar-refractivity contribution < 1.29 is 9.53 Å². The van der Waals surface area contributed by atoms with Crippen LogP contribution in [-0.4, -0.2) is 44.4 Å². The summed E-state index contributed by atoms with van der Waals surface area (Å²) in [6, 6.07) is 0.139. The van der Waals surface area contributed by atoms with Crippen molar-refractivity contribution in [1.29, 1.82) is 0 Å². The Bertz CT molecular complexity index is 753. The maximum Gasteiger partial charge on any atom is 0.254 e. The lowest BCUT2D eigenvalue weighted by Gasteiger charge is -2.35. The van der Waals surface area contributed by atoms with Gasteiger partial charge in [0.25, 0.3) is 5.91 Å². The number of hydrogen-bond donors (Lipinski definition) is 1. The van der Waals surface area contributed by atoms with Crippen LogP contribution in [0.15, 0.2) is 6.33 Å². The van der Waals surface area contributed by atoms with Crippen molar-refractivity contribution in [2.24, 2.45) is 0 Å². The molecule has 1 aliphatic carbocycles. The van der Waals surface area contributed by atoms with Gasteiger partial charge in [0.1, 0.15) is 11.3 Å². The molecule has 7 nitrogen and oxygen atoms in total. The summed E-state index contributed by atoms with van der Waals surface area (Å²) in [6.07, 6.45) is 6.33. The standard InChI is InChI=1S/C16H21N5O2S/c1-16(2)8-10(6-7-23-16)18-14(22)13-11-4-3-5-12(11)24-15(13)21-9-17-19-20-21/h9-10H,3-8H2,1-2H3,(H,18,22). The molecule has 0 bridgehead atoms. The summed E-state index contributed by atoms with van der Waals surface area (Å²) in [6.45, 7) is 4.82. The molecule has 1 amide bonds. The zero-order valence-electron chi connectivity index (χ0n) is 13.9. The average Bonchev–Trinajstić information content (AvgIpc) is 3.22. The van der Waals surface area contributed by atoms with Crippen LogP contribution in [0.5, 0.6) is 0 Å². The molecule has 1 saturated heterocycles. The van der Waals surface area contributed by atoms with E-state index < -0.39 is 0 Å². The number of aromatic nitrogens is 4. The maximum absolute atomic E-state index is 13.0. The summed E-state index contributed by atoms with van der Waals surface area (Å²) in [4.78, 5) is 14.3. The minimum Gasteiger partial charge on any atom is -0.375 e. The van der Waals surface area contributed by atoms with E-state index >= 15 is 0 Å². The smallest absolute Gasteiger partial charge is 0.254 e. The van der Waals surface area contributed by atoms with Gasteiger partial charge in [-0.1, -0.05) is 0 Å². The van der Waals surface area contributed by atoms with Crippen molar-refractivity contribution in [1.82, 2.24) is 25.5 Å². The Kier molecular flexibility index (Phi) is 3.88. The first-order valence-corrected chi connectivity index (χ1v) is 9.18. The van der Waals surface area contributed by atoms with Gasteiger partial charge in [-0.25, -0.2) is 0 Å². The molecule has 1 atom stereocenters.